The van der Waals surface area contributed by atoms with Gasteiger partial charge in [-0.3, -0.25) is 9.59 Å². The monoisotopic (exact) mass is 239 g/mol. The Morgan fingerprint density at radius 1 is 1.29 bits per heavy atom. The topological polar surface area (TPSA) is 89.6 Å². The van der Waals surface area contributed by atoms with Crippen LogP contribution < -0.4 is 10.5 Å². The number of amides is 1. The van der Waals surface area contributed by atoms with Gasteiger partial charge in [-0.2, -0.15) is 0 Å². The predicted molar refractivity (Wildman–Crippen MR) is 64.1 cm³/mol. The first-order valence-corrected chi connectivity index (χ1v) is 5.16. The highest BCUT2D eigenvalue weighted by molar-refractivity contribution is 5.92. The van der Waals surface area contributed by atoms with Crippen LogP contribution in [-0.4, -0.2) is 24.1 Å². The van der Waals surface area contributed by atoms with Gasteiger partial charge in [0.05, 0.1) is 7.11 Å². The Bertz CT molecular complexity index is 359. The SMILES string of the molecule is CCCC(=O)O.COc1ccc(C(N)=O)cc1. The molecule has 0 radical (unpaired) electrons. The summed E-state index contributed by atoms with van der Waals surface area (Å²) in [7, 11) is 1.57. The maximum Gasteiger partial charge on any atom is 0.303 e. The van der Waals surface area contributed by atoms with Gasteiger partial charge in [-0.1, -0.05) is 6.92 Å². The zero-order valence-electron chi connectivity index (χ0n) is 9.97. The van der Waals surface area contributed by atoms with E-state index in [-0.39, 0.29) is 0 Å². The third-order valence-corrected chi connectivity index (χ3v) is 1.84. The first-order chi connectivity index (χ1) is 8.01. The molecule has 1 aromatic rings. The Morgan fingerprint density at radius 2 is 1.82 bits per heavy atom. The molecule has 0 aliphatic rings. The minimum absolute atomic E-state index is 0.292. The second kappa shape index (κ2) is 8.15. The number of hydrogen-bond donors (Lipinski definition) is 2. The number of benzene rings is 1. The smallest absolute Gasteiger partial charge is 0.303 e. The van der Waals surface area contributed by atoms with Gasteiger partial charge in [0.25, 0.3) is 0 Å². The van der Waals surface area contributed by atoms with Crippen LogP contribution in [0.5, 0.6) is 5.75 Å². The molecule has 0 unspecified atom stereocenters. The van der Waals surface area contributed by atoms with E-state index >= 15 is 0 Å². The molecule has 5 heteroatoms. The normalized spacial score (nSPS) is 8.82. The van der Waals surface area contributed by atoms with Gasteiger partial charge in [0.1, 0.15) is 5.75 Å². The summed E-state index contributed by atoms with van der Waals surface area (Å²) in [5, 5.41) is 7.91. The lowest BCUT2D eigenvalue weighted by atomic mass is 10.2. The Kier molecular flexibility index (Phi) is 7.17. The molecule has 0 aliphatic heterocycles. The molecule has 0 fully saturated rings. The molecule has 0 heterocycles. The zero-order valence-corrected chi connectivity index (χ0v) is 9.97. The minimum atomic E-state index is -0.711. The molecule has 1 aromatic carbocycles. The fraction of sp³-hybridized carbons (Fsp3) is 0.333. The highest BCUT2D eigenvalue weighted by Crippen LogP contribution is 2.10. The van der Waals surface area contributed by atoms with Crippen molar-refractivity contribution in [2.45, 2.75) is 19.8 Å². The molecule has 0 aromatic heterocycles. The van der Waals surface area contributed by atoms with E-state index in [0.29, 0.717) is 12.0 Å². The van der Waals surface area contributed by atoms with Crippen LogP contribution in [0.4, 0.5) is 0 Å². The van der Waals surface area contributed by atoms with Gasteiger partial charge in [-0.15, -0.1) is 0 Å². The molecule has 0 saturated heterocycles. The van der Waals surface area contributed by atoms with Crippen LogP contribution in [0.2, 0.25) is 0 Å². The van der Waals surface area contributed by atoms with E-state index in [2.05, 4.69) is 0 Å². The fourth-order valence-electron chi connectivity index (χ4n) is 0.969. The van der Waals surface area contributed by atoms with Gasteiger partial charge >= 0.3 is 5.97 Å². The van der Waals surface area contributed by atoms with Crippen molar-refractivity contribution in [3.05, 3.63) is 29.8 Å². The number of methoxy groups -OCH3 is 1. The van der Waals surface area contributed by atoms with Crippen molar-refractivity contribution in [3.8, 4) is 5.75 Å². The van der Waals surface area contributed by atoms with Crippen molar-refractivity contribution in [1.82, 2.24) is 0 Å². The first kappa shape index (κ1) is 15.0. The highest BCUT2D eigenvalue weighted by atomic mass is 16.5. The molecule has 0 atom stereocenters. The molecule has 0 saturated carbocycles. The summed E-state index contributed by atoms with van der Waals surface area (Å²) in [5.74, 6) is -0.417. The number of nitrogens with two attached hydrogens (primary N) is 1. The average Bonchev–Trinajstić information content (AvgIpc) is 2.29. The maximum absolute atomic E-state index is 10.6. The molecule has 0 aliphatic carbocycles. The summed E-state index contributed by atoms with van der Waals surface area (Å²) in [6.07, 6.45) is 1.02. The van der Waals surface area contributed by atoms with Crippen molar-refractivity contribution in [1.29, 1.82) is 0 Å². The van der Waals surface area contributed by atoms with E-state index in [9.17, 15) is 9.59 Å². The van der Waals surface area contributed by atoms with E-state index in [1.165, 1.54) is 0 Å². The average molecular weight is 239 g/mol. The molecule has 1 rings (SSSR count). The van der Waals surface area contributed by atoms with Crippen LogP contribution in [0, 0.1) is 0 Å². The second-order valence-electron chi connectivity index (χ2n) is 3.24. The largest absolute Gasteiger partial charge is 0.497 e. The number of rotatable bonds is 4. The quantitative estimate of drug-likeness (QED) is 0.836. The summed E-state index contributed by atoms with van der Waals surface area (Å²) in [4.78, 5) is 20.2. The lowest BCUT2D eigenvalue weighted by molar-refractivity contribution is -0.137. The standard InChI is InChI=1S/C8H9NO2.C4H8O2/c1-11-7-4-2-6(3-5-7)8(9)10;1-2-3-4(5)6/h2-5H,1H3,(H2,9,10);2-3H2,1H3,(H,5,6). The van der Waals surface area contributed by atoms with E-state index < -0.39 is 11.9 Å². The van der Waals surface area contributed by atoms with Crippen LogP contribution in [0.1, 0.15) is 30.1 Å². The maximum atomic E-state index is 10.6. The zero-order chi connectivity index (χ0) is 13.3. The summed E-state index contributed by atoms with van der Waals surface area (Å²) < 4.78 is 4.90. The van der Waals surface area contributed by atoms with Gasteiger partial charge in [0.2, 0.25) is 5.91 Å². The minimum Gasteiger partial charge on any atom is -0.497 e. The number of carbonyl (C=O) groups is 2. The molecule has 94 valence electrons. The van der Waals surface area contributed by atoms with Crippen LogP contribution in [-0.2, 0) is 4.79 Å². The Morgan fingerprint density at radius 3 is 2.06 bits per heavy atom. The number of carbonyl (C=O) groups excluding carboxylic acids is 1. The Hall–Kier alpha value is -2.04. The molecule has 17 heavy (non-hydrogen) atoms. The van der Waals surface area contributed by atoms with Crippen LogP contribution >= 0.6 is 0 Å². The predicted octanol–water partition coefficient (Wildman–Crippen LogP) is 1.67. The molecule has 5 nitrogen and oxygen atoms in total. The highest BCUT2D eigenvalue weighted by Gasteiger charge is 1.98. The third kappa shape index (κ3) is 6.94. The molecule has 3 N–H and O–H groups in total. The fourth-order valence-corrected chi connectivity index (χ4v) is 0.969. The van der Waals surface area contributed by atoms with Crippen LogP contribution in [0.25, 0.3) is 0 Å². The number of hydrogen-bond acceptors (Lipinski definition) is 3. The second-order valence-corrected chi connectivity index (χ2v) is 3.24. The van der Waals surface area contributed by atoms with Crippen molar-refractivity contribution >= 4 is 11.9 Å². The van der Waals surface area contributed by atoms with Crippen molar-refractivity contribution in [2.24, 2.45) is 5.73 Å². The number of carboxylic acids is 1. The van der Waals surface area contributed by atoms with Crippen molar-refractivity contribution < 1.29 is 19.4 Å². The molecular weight excluding hydrogens is 222 g/mol. The van der Waals surface area contributed by atoms with Crippen molar-refractivity contribution in [3.63, 3.8) is 0 Å². The molecule has 1 amide bonds. The van der Waals surface area contributed by atoms with Crippen LogP contribution in [0.3, 0.4) is 0 Å². The number of ether oxygens (including phenoxy) is 1. The summed E-state index contributed by atoms with van der Waals surface area (Å²) >= 11 is 0. The van der Waals surface area contributed by atoms with E-state index in [4.69, 9.17) is 15.6 Å². The third-order valence-electron chi connectivity index (χ3n) is 1.84. The van der Waals surface area contributed by atoms with Gasteiger partial charge in [0, 0.05) is 12.0 Å². The Balaban J connectivity index is 0.000000366. The number of primary amides is 1. The lowest BCUT2D eigenvalue weighted by Crippen LogP contribution is -2.10. The molecule has 0 bridgehead atoms. The summed E-state index contributed by atoms with van der Waals surface area (Å²) in [6.45, 7) is 1.84. The van der Waals surface area contributed by atoms with Crippen molar-refractivity contribution in [2.75, 3.05) is 7.11 Å². The van der Waals surface area contributed by atoms with Crippen LogP contribution in [0.15, 0.2) is 24.3 Å². The van der Waals surface area contributed by atoms with Gasteiger partial charge < -0.3 is 15.6 Å². The summed E-state index contributed by atoms with van der Waals surface area (Å²) in [5.41, 5.74) is 5.52. The number of aliphatic carboxylic acids is 1. The van der Waals surface area contributed by atoms with Gasteiger partial charge in [0.15, 0.2) is 0 Å². The number of carboxylic acid groups (broad SMARTS) is 1. The summed E-state index contributed by atoms with van der Waals surface area (Å²) in [6, 6.07) is 6.64. The van der Waals surface area contributed by atoms with Gasteiger partial charge in [-0.05, 0) is 30.7 Å². The Labute approximate surface area is 100 Å². The first-order valence-electron chi connectivity index (χ1n) is 5.16. The molecular formula is C12H17NO4. The van der Waals surface area contributed by atoms with E-state index in [1.54, 1.807) is 31.4 Å². The lowest BCUT2D eigenvalue weighted by Gasteiger charge is -1.98. The molecule has 0 spiro atoms. The van der Waals surface area contributed by atoms with Gasteiger partial charge in [-0.25, -0.2) is 0 Å². The van der Waals surface area contributed by atoms with E-state index in [0.717, 1.165) is 12.2 Å². The van der Waals surface area contributed by atoms with E-state index in [1.807, 2.05) is 6.92 Å².